The first-order chi connectivity index (χ1) is 14.5. The summed E-state index contributed by atoms with van der Waals surface area (Å²) in [7, 11) is 0. The van der Waals surface area contributed by atoms with Crippen LogP contribution >= 0.6 is 0 Å². The quantitative estimate of drug-likeness (QED) is 0.725. The van der Waals surface area contributed by atoms with Crippen LogP contribution in [0.5, 0.6) is 5.88 Å². The molecule has 1 saturated carbocycles. The zero-order chi connectivity index (χ0) is 21.1. The molecule has 1 aliphatic carbocycles. The van der Waals surface area contributed by atoms with E-state index in [2.05, 4.69) is 20.6 Å². The van der Waals surface area contributed by atoms with E-state index >= 15 is 0 Å². The van der Waals surface area contributed by atoms with E-state index in [1.807, 2.05) is 0 Å². The summed E-state index contributed by atoms with van der Waals surface area (Å²) in [5, 5.41) is 5.93. The SMILES string of the molecule is CCC(=O)Nc1ccc(C(=O)N2CCC(Nc3ncc(F)c(OC4CC4)n3)C2)cc1. The number of aromatic nitrogens is 2. The number of halogens is 1. The van der Waals surface area contributed by atoms with Gasteiger partial charge < -0.3 is 20.3 Å². The second-order valence-corrected chi connectivity index (χ2v) is 7.52. The van der Waals surface area contributed by atoms with Gasteiger partial charge in [0.2, 0.25) is 17.7 Å². The summed E-state index contributed by atoms with van der Waals surface area (Å²) in [4.78, 5) is 34.1. The van der Waals surface area contributed by atoms with Gasteiger partial charge in [-0.2, -0.15) is 9.37 Å². The molecule has 2 heterocycles. The van der Waals surface area contributed by atoms with Crippen molar-refractivity contribution in [3.8, 4) is 5.88 Å². The van der Waals surface area contributed by atoms with Gasteiger partial charge in [0, 0.05) is 36.8 Å². The Balaban J connectivity index is 1.33. The van der Waals surface area contributed by atoms with Crippen molar-refractivity contribution in [3.63, 3.8) is 0 Å². The third kappa shape index (κ3) is 4.84. The molecule has 1 aromatic heterocycles. The van der Waals surface area contributed by atoms with E-state index in [0.717, 1.165) is 25.5 Å². The molecule has 4 rings (SSSR count). The van der Waals surface area contributed by atoms with Crippen molar-refractivity contribution in [3.05, 3.63) is 41.8 Å². The fourth-order valence-electron chi connectivity index (χ4n) is 3.22. The lowest BCUT2D eigenvalue weighted by Crippen LogP contribution is -2.31. The van der Waals surface area contributed by atoms with Crippen LogP contribution in [0, 0.1) is 5.82 Å². The molecule has 2 amide bonds. The second kappa shape index (κ2) is 8.64. The number of anilines is 2. The number of ether oxygens (including phenoxy) is 1. The van der Waals surface area contributed by atoms with Crippen molar-refractivity contribution < 1.29 is 18.7 Å². The van der Waals surface area contributed by atoms with E-state index in [-0.39, 0.29) is 29.8 Å². The summed E-state index contributed by atoms with van der Waals surface area (Å²) in [6.07, 6.45) is 4.10. The van der Waals surface area contributed by atoms with Crippen LogP contribution in [0.1, 0.15) is 43.0 Å². The molecule has 1 aliphatic heterocycles. The summed E-state index contributed by atoms with van der Waals surface area (Å²) in [6.45, 7) is 2.87. The van der Waals surface area contributed by atoms with Crippen LogP contribution in [0.3, 0.4) is 0 Å². The predicted octanol–water partition coefficient (Wildman–Crippen LogP) is 2.83. The number of likely N-dealkylation sites (tertiary alicyclic amines) is 1. The minimum Gasteiger partial charge on any atom is -0.472 e. The van der Waals surface area contributed by atoms with Gasteiger partial charge in [0.1, 0.15) is 6.10 Å². The van der Waals surface area contributed by atoms with Crippen molar-refractivity contribution in [2.45, 2.75) is 44.8 Å². The third-order valence-corrected chi connectivity index (χ3v) is 5.06. The smallest absolute Gasteiger partial charge is 0.255 e. The predicted molar refractivity (Wildman–Crippen MR) is 109 cm³/mol. The van der Waals surface area contributed by atoms with Crippen molar-refractivity contribution in [1.82, 2.24) is 14.9 Å². The van der Waals surface area contributed by atoms with E-state index in [1.54, 1.807) is 36.1 Å². The van der Waals surface area contributed by atoms with Gasteiger partial charge in [-0.1, -0.05) is 6.92 Å². The summed E-state index contributed by atoms with van der Waals surface area (Å²) in [5.41, 5.74) is 1.22. The molecular formula is C21H24FN5O3. The van der Waals surface area contributed by atoms with Gasteiger partial charge in [0.05, 0.1) is 6.20 Å². The zero-order valence-corrected chi connectivity index (χ0v) is 16.7. The van der Waals surface area contributed by atoms with Gasteiger partial charge in [0.25, 0.3) is 11.8 Å². The number of hydrogen-bond acceptors (Lipinski definition) is 6. The normalized spacial score (nSPS) is 18.2. The number of carbonyl (C=O) groups is 2. The van der Waals surface area contributed by atoms with Gasteiger partial charge >= 0.3 is 0 Å². The number of amides is 2. The van der Waals surface area contributed by atoms with Gasteiger partial charge in [-0.05, 0) is 43.5 Å². The topological polar surface area (TPSA) is 96.5 Å². The molecule has 9 heteroatoms. The third-order valence-electron chi connectivity index (χ3n) is 5.06. The molecule has 30 heavy (non-hydrogen) atoms. The molecule has 8 nitrogen and oxygen atoms in total. The average Bonchev–Trinajstić information content (AvgIpc) is 3.45. The Labute approximate surface area is 173 Å². The standard InChI is InChI=1S/C21H24FN5O3/c1-2-18(28)24-14-5-3-13(4-6-14)20(29)27-10-9-15(12-27)25-21-23-11-17(22)19(26-21)30-16-7-8-16/h3-6,11,15-16H,2,7-10,12H2,1H3,(H,24,28)(H,23,25,26). The number of benzene rings is 1. The zero-order valence-electron chi connectivity index (χ0n) is 16.7. The molecule has 2 N–H and O–H groups in total. The van der Waals surface area contributed by atoms with Gasteiger partial charge in [-0.3, -0.25) is 9.59 Å². The molecule has 0 bridgehead atoms. The largest absolute Gasteiger partial charge is 0.472 e. The van der Waals surface area contributed by atoms with Gasteiger partial charge in [-0.25, -0.2) is 4.98 Å². The molecule has 0 spiro atoms. The maximum absolute atomic E-state index is 13.8. The molecule has 1 atom stereocenters. The molecule has 2 fully saturated rings. The van der Waals surface area contributed by atoms with Crippen LogP contribution in [0.15, 0.2) is 30.5 Å². The van der Waals surface area contributed by atoms with Crippen molar-refractivity contribution in [2.24, 2.45) is 0 Å². The highest BCUT2D eigenvalue weighted by Crippen LogP contribution is 2.27. The van der Waals surface area contributed by atoms with E-state index in [9.17, 15) is 14.0 Å². The highest BCUT2D eigenvalue weighted by atomic mass is 19.1. The minimum absolute atomic E-state index is 0.0312. The Morgan fingerprint density at radius 3 is 2.70 bits per heavy atom. The summed E-state index contributed by atoms with van der Waals surface area (Å²) < 4.78 is 19.3. The average molecular weight is 413 g/mol. The van der Waals surface area contributed by atoms with Crippen molar-refractivity contribution in [2.75, 3.05) is 23.7 Å². The second-order valence-electron chi connectivity index (χ2n) is 7.52. The van der Waals surface area contributed by atoms with Crippen LogP contribution in [-0.2, 0) is 4.79 Å². The van der Waals surface area contributed by atoms with Crippen LogP contribution in [0.25, 0.3) is 0 Å². The molecule has 1 unspecified atom stereocenters. The Bertz CT molecular complexity index is 933. The number of hydrogen-bond donors (Lipinski definition) is 2. The van der Waals surface area contributed by atoms with E-state index in [0.29, 0.717) is 36.7 Å². The van der Waals surface area contributed by atoms with E-state index in [4.69, 9.17) is 4.74 Å². The Morgan fingerprint density at radius 2 is 2.00 bits per heavy atom. The molecule has 2 aliphatic rings. The highest BCUT2D eigenvalue weighted by molar-refractivity contribution is 5.96. The first-order valence-electron chi connectivity index (χ1n) is 10.2. The lowest BCUT2D eigenvalue weighted by atomic mass is 10.2. The Morgan fingerprint density at radius 1 is 1.23 bits per heavy atom. The van der Waals surface area contributed by atoms with Crippen LogP contribution in [0.2, 0.25) is 0 Å². The van der Waals surface area contributed by atoms with Crippen LogP contribution < -0.4 is 15.4 Å². The van der Waals surface area contributed by atoms with Crippen LogP contribution in [0.4, 0.5) is 16.0 Å². The Kier molecular flexibility index (Phi) is 5.78. The monoisotopic (exact) mass is 413 g/mol. The molecule has 2 aromatic rings. The maximum atomic E-state index is 13.8. The summed E-state index contributed by atoms with van der Waals surface area (Å²) in [5.74, 6) is -0.463. The minimum atomic E-state index is -0.575. The first kappa shape index (κ1) is 20.1. The number of carbonyl (C=O) groups excluding carboxylic acids is 2. The number of rotatable bonds is 7. The number of nitrogens with zero attached hydrogens (tertiary/aromatic N) is 3. The summed E-state index contributed by atoms with van der Waals surface area (Å²) >= 11 is 0. The lowest BCUT2D eigenvalue weighted by molar-refractivity contribution is -0.115. The van der Waals surface area contributed by atoms with Crippen molar-refractivity contribution >= 4 is 23.5 Å². The fourth-order valence-corrected chi connectivity index (χ4v) is 3.22. The lowest BCUT2D eigenvalue weighted by Gasteiger charge is -2.17. The van der Waals surface area contributed by atoms with E-state index in [1.165, 1.54) is 0 Å². The van der Waals surface area contributed by atoms with Crippen LogP contribution in [-0.4, -0.2) is 51.9 Å². The summed E-state index contributed by atoms with van der Waals surface area (Å²) in [6, 6.07) is 6.83. The Hall–Kier alpha value is -3.23. The maximum Gasteiger partial charge on any atom is 0.255 e. The number of nitrogens with one attached hydrogen (secondary N) is 2. The van der Waals surface area contributed by atoms with Crippen molar-refractivity contribution in [1.29, 1.82) is 0 Å². The molecule has 1 saturated heterocycles. The first-order valence-corrected chi connectivity index (χ1v) is 10.2. The van der Waals surface area contributed by atoms with E-state index < -0.39 is 5.82 Å². The highest BCUT2D eigenvalue weighted by Gasteiger charge is 2.29. The van der Waals surface area contributed by atoms with Gasteiger partial charge in [-0.15, -0.1) is 0 Å². The molecule has 158 valence electrons. The molecule has 1 aromatic carbocycles. The fraction of sp³-hybridized carbons (Fsp3) is 0.429. The van der Waals surface area contributed by atoms with Gasteiger partial charge in [0.15, 0.2) is 0 Å². The molecular weight excluding hydrogens is 389 g/mol. The molecule has 0 radical (unpaired) electrons.